The van der Waals surface area contributed by atoms with Gasteiger partial charge in [0, 0.05) is 26.2 Å². The summed E-state index contributed by atoms with van der Waals surface area (Å²) in [7, 11) is 0. The van der Waals surface area contributed by atoms with Crippen molar-refractivity contribution < 1.29 is 14.3 Å². The summed E-state index contributed by atoms with van der Waals surface area (Å²) < 4.78 is 5.04. The van der Waals surface area contributed by atoms with Gasteiger partial charge in [0.15, 0.2) is 6.29 Å². The predicted octanol–water partition coefficient (Wildman–Crippen LogP) is 0.363. The minimum absolute atomic E-state index is 0.180. The van der Waals surface area contributed by atoms with E-state index in [-0.39, 0.29) is 12.0 Å². The summed E-state index contributed by atoms with van der Waals surface area (Å²) in [5, 5.41) is 0. The van der Waals surface area contributed by atoms with Gasteiger partial charge in [-0.2, -0.15) is 0 Å². The molecule has 0 aromatic carbocycles. The summed E-state index contributed by atoms with van der Waals surface area (Å²) in [6, 6.07) is -0.226. The molecular formula is C14H20N4O3. The van der Waals surface area contributed by atoms with Gasteiger partial charge in [0.05, 0.1) is 19.0 Å². The molecule has 7 heteroatoms. The normalized spacial score (nSPS) is 17.3. The summed E-state index contributed by atoms with van der Waals surface area (Å²) in [5.41, 5.74) is 0.327. The number of aromatic nitrogens is 2. The number of esters is 1. The highest BCUT2D eigenvalue weighted by Crippen LogP contribution is 2.14. The topological polar surface area (TPSA) is 75.6 Å². The van der Waals surface area contributed by atoms with Crippen LogP contribution in [0.25, 0.3) is 0 Å². The lowest BCUT2D eigenvalue weighted by Gasteiger charge is -2.37. The molecule has 21 heavy (non-hydrogen) atoms. The van der Waals surface area contributed by atoms with E-state index in [1.807, 2.05) is 13.8 Å². The molecule has 1 atom stereocenters. The van der Waals surface area contributed by atoms with Gasteiger partial charge < -0.3 is 9.64 Å². The predicted molar refractivity (Wildman–Crippen MR) is 77.3 cm³/mol. The average Bonchev–Trinajstić information content (AvgIpc) is 2.54. The zero-order valence-corrected chi connectivity index (χ0v) is 12.4. The first kappa shape index (κ1) is 15.4. The molecule has 1 aromatic heterocycles. The number of nitrogens with zero attached hydrogens (tertiary/aromatic N) is 4. The van der Waals surface area contributed by atoms with E-state index in [0.717, 1.165) is 32.0 Å². The van der Waals surface area contributed by atoms with Crippen LogP contribution in [0.2, 0.25) is 0 Å². The largest absolute Gasteiger partial charge is 0.465 e. The van der Waals surface area contributed by atoms with E-state index in [1.54, 1.807) is 6.20 Å². The van der Waals surface area contributed by atoms with Crippen molar-refractivity contribution in [3.63, 3.8) is 0 Å². The Morgan fingerprint density at radius 2 is 2.05 bits per heavy atom. The highest BCUT2D eigenvalue weighted by molar-refractivity contribution is 5.75. The molecule has 0 radical (unpaired) electrons. The highest BCUT2D eigenvalue weighted by atomic mass is 16.5. The fraction of sp³-hybridized carbons (Fsp3) is 0.571. The van der Waals surface area contributed by atoms with Gasteiger partial charge in [-0.05, 0) is 13.8 Å². The van der Waals surface area contributed by atoms with Crippen LogP contribution in [0.3, 0.4) is 0 Å². The third kappa shape index (κ3) is 3.75. The molecule has 0 aliphatic carbocycles. The summed E-state index contributed by atoms with van der Waals surface area (Å²) in [4.78, 5) is 34.7. The third-order valence-corrected chi connectivity index (χ3v) is 3.59. The maximum Gasteiger partial charge on any atom is 0.323 e. The van der Waals surface area contributed by atoms with Crippen molar-refractivity contribution in [3.05, 3.63) is 18.1 Å². The maximum atomic E-state index is 11.7. The van der Waals surface area contributed by atoms with E-state index in [0.29, 0.717) is 18.6 Å². The molecule has 1 aliphatic heterocycles. The van der Waals surface area contributed by atoms with Crippen LogP contribution in [0.4, 0.5) is 5.82 Å². The molecule has 1 fully saturated rings. The van der Waals surface area contributed by atoms with Gasteiger partial charge in [0.25, 0.3) is 0 Å². The number of ether oxygens (including phenoxy) is 1. The van der Waals surface area contributed by atoms with Gasteiger partial charge in [0.1, 0.15) is 17.6 Å². The molecule has 2 rings (SSSR count). The summed E-state index contributed by atoms with van der Waals surface area (Å²) in [6.07, 6.45) is 3.75. The van der Waals surface area contributed by atoms with Crippen molar-refractivity contribution in [2.75, 3.05) is 37.7 Å². The van der Waals surface area contributed by atoms with E-state index in [9.17, 15) is 9.59 Å². The molecule has 114 valence electrons. The van der Waals surface area contributed by atoms with Gasteiger partial charge in [-0.3, -0.25) is 14.5 Å². The van der Waals surface area contributed by atoms with Crippen LogP contribution in [0.15, 0.2) is 12.4 Å². The van der Waals surface area contributed by atoms with Gasteiger partial charge in [-0.25, -0.2) is 9.97 Å². The maximum absolute atomic E-state index is 11.7. The molecule has 1 aromatic rings. The summed E-state index contributed by atoms with van der Waals surface area (Å²) in [6.45, 7) is 7.13. The second-order valence-electron chi connectivity index (χ2n) is 4.87. The first-order valence-electron chi connectivity index (χ1n) is 7.08. The van der Waals surface area contributed by atoms with Gasteiger partial charge >= 0.3 is 5.97 Å². The van der Waals surface area contributed by atoms with Crippen LogP contribution in [0.1, 0.15) is 24.3 Å². The molecule has 0 spiro atoms. The van der Waals surface area contributed by atoms with Crippen LogP contribution in [0.5, 0.6) is 0 Å². The SMILES string of the molecule is CCOC(=O)C(C)N1CCN(c2cnc(C=O)cn2)CC1. The second kappa shape index (κ2) is 7.12. The average molecular weight is 292 g/mol. The number of anilines is 1. The van der Waals surface area contributed by atoms with Crippen LogP contribution < -0.4 is 4.90 Å². The zero-order chi connectivity index (χ0) is 15.2. The van der Waals surface area contributed by atoms with Crippen LogP contribution in [-0.4, -0.2) is 66.0 Å². The zero-order valence-electron chi connectivity index (χ0n) is 12.4. The number of rotatable bonds is 5. The molecule has 1 saturated heterocycles. The van der Waals surface area contributed by atoms with Crippen molar-refractivity contribution in [2.45, 2.75) is 19.9 Å². The van der Waals surface area contributed by atoms with Crippen LogP contribution in [-0.2, 0) is 9.53 Å². The lowest BCUT2D eigenvalue weighted by atomic mass is 10.2. The van der Waals surface area contributed by atoms with Gasteiger partial charge in [-0.1, -0.05) is 0 Å². The Kier molecular flexibility index (Phi) is 5.21. The summed E-state index contributed by atoms with van der Waals surface area (Å²) >= 11 is 0. The molecular weight excluding hydrogens is 272 g/mol. The van der Waals surface area contributed by atoms with Crippen LogP contribution in [0, 0.1) is 0 Å². The number of aldehydes is 1. The van der Waals surface area contributed by atoms with Crippen molar-refractivity contribution in [1.82, 2.24) is 14.9 Å². The molecule has 7 nitrogen and oxygen atoms in total. The Bertz CT molecular complexity index is 483. The first-order valence-corrected chi connectivity index (χ1v) is 7.08. The summed E-state index contributed by atoms with van der Waals surface area (Å²) in [5.74, 6) is 0.574. The molecule has 0 bridgehead atoms. The lowest BCUT2D eigenvalue weighted by Crippen LogP contribution is -2.52. The Balaban J connectivity index is 1.90. The van der Waals surface area contributed by atoms with E-state index in [4.69, 9.17) is 4.74 Å². The molecule has 1 aliphatic rings. The van der Waals surface area contributed by atoms with E-state index in [1.165, 1.54) is 6.20 Å². The van der Waals surface area contributed by atoms with Crippen molar-refractivity contribution in [2.24, 2.45) is 0 Å². The standard InChI is InChI=1S/C14H20N4O3/c1-3-21-14(20)11(2)17-4-6-18(7-5-17)13-9-15-12(10-19)8-16-13/h8-11H,3-7H2,1-2H3. The van der Waals surface area contributed by atoms with Gasteiger partial charge in [-0.15, -0.1) is 0 Å². The smallest absolute Gasteiger partial charge is 0.323 e. The van der Waals surface area contributed by atoms with Crippen LogP contribution >= 0.6 is 0 Å². The molecule has 0 N–H and O–H groups in total. The van der Waals surface area contributed by atoms with Crippen molar-refractivity contribution >= 4 is 18.1 Å². The fourth-order valence-corrected chi connectivity index (χ4v) is 2.31. The second-order valence-corrected chi connectivity index (χ2v) is 4.87. The van der Waals surface area contributed by atoms with Crippen molar-refractivity contribution in [1.29, 1.82) is 0 Å². The molecule has 0 amide bonds. The van der Waals surface area contributed by atoms with Gasteiger partial charge in [0.2, 0.25) is 0 Å². The Hall–Kier alpha value is -2.02. The first-order chi connectivity index (χ1) is 10.2. The minimum atomic E-state index is -0.226. The number of piperazine rings is 1. The highest BCUT2D eigenvalue weighted by Gasteiger charge is 2.26. The molecule has 0 saturated carbocycles. The quantitative estimate of drug-likeness (QED) is 0.573. The number of carbonyl (C=O) groups is 2. The molecule has 2 heterocycles. The number of hydrogen-bond donors (Lipinski definition) is 0. The van der Waals surface area contributed by atoms with E-state index < -0.39 is 0 Å². The Labute approximate surface area is 123 Å². The lowest BCUT2D eigenvalue weighted by molar-refractivity contribution is -0.149. The monoisotopic (exact) mass is 292 g/mol. The van der Waals surface area contributed by atoms with E-state index >= 15 is 0 Å². The number of carbonyl (C=O) groups excluding carboxylic acids is 2. The minimum Gasteiger partial charge on any atom is -0.465 e. The molecule has 1 unspecified atom stereocenters. The Morgan fingerprint density at radius 1 is 1.33 bits per heavy atom. The van der Waals surface area contributed by atoms with Crippen molar-refractivity contribution in [3.8, 4) is 0 Å². The number of hydrogen-bond acceptors (Lipinski definition) is 7. The Morgan fingerprint density at radius 3 is 2.57 bits per heavy atom. The fourth-order valence-electron chi connectivity index (χ4n) is 2.31. The van der Waals surface area contributed by atoms with E-state index in [2.05, 4.69) is 19.8 Å². The third-order valence-electron chi connectivity index (χ3n) is 3.59.